The molecule has 1 atom stereocenters. The van der Waals surface area contributed by atoms with Gasteiger partial charge < -0.3 is 10.6 Å². The van der Waals surface area contributed by atoms with Crippen LogP contribution in [0.2, 0.25) is 0 Å². The molecule has 5 nitrogen and oxygen atoms in total. The van der Waals surface area contributed by atoms with E-state index in [4.69, 9.17) is 0 Å². The van der Waals surface area contributed by atoms with E-state index in [9.17, 15) is 13.2 Å². The molecular weight excluding hydrogens is 518 g/mol. The Balaban J connectivity index is 0.00000341. The summed E-state index contributed by atoms with van der Waals surface area (Å²) in [5.74, 6) is 0.627. The zero-order valence-corrected chi connectivity index (χ0v) is 20.6. The molecule has 2 N–H and O–H groups in total. The van der Waals surface area contributed by atoms with Crippen LogP contribution in [0.4, 0.5) is 13.2 Å². The molecular formula is C22H35F3IN5. The highest BCUT2D eigenvalue weighted by atomic mass is 127. The molecule has 1 unspecified atom stereocenters. The summed E-state index contributed by atoms with van der Waals surface area (Å²) in [6, 6.07) is 8.62. The second-order valence-corrected chi connectivity index (χ2v) is 8.41. The molecule has 0 amide bonds. The highest BCUT2D eigenvalue weighted by Gasteiger charge is 2.34. The van der Waals surface area contributed by atoms with Gasteiger partial charge in [-0.15, -0.1) is 24.0 Å². The van der Waals surface area contributed by atoms with Gasteiger partial charge in [-0.05, 0) is 43.5 Å². The van der Waals surface area contributed by atoms with Crippen LogP contribution >= 0.6 is 24.0 Å². The lowest BCUT2D eigenvalue weighted by Crippen LogP contribution is -2.44. The quantitative estimate of drug-likeness (QED) is 0.318. The summed E-state index contributed by atoms with van der Waals surface area (Å²) in [5.41, 5.74) is 2.49. The van der Waals surface area contributed by atoms with E-state index in [0.29, 0.717) is 32.0 Å². The summed E-state index contributed by atoms with van der Waals surface area (Å²) in [6.45, 7) is 3.99. The van der Waals surface area contributed by atoms with E-state index in [1.54, 1.807) is 7.05 Å². The molecule has 1 aromatic carbocycles. The van der Waals surface area contributed by atoms with Gasteiger partial charge in [0, 0.05) is 39.3 Å². The smallest absolute Gasteiger partial charge is 0.352 e. The number of halogens is 4. The average Bonchev–Trinajstić information content (AvgIpc) is 2.96. The predicted molar refractivity (Wildman–Crippen MR) is 130 cm³/mol. The van der Waals surface area contributed by atoms with Crippen molar-refractivity contribution < 1.29 is 13.2 Å². The second-order valence-electron chi connectivity index (χ2n) is 8.41. The van der Waals surface area contributed by atoms with Gasteiger partial charge in [-0.3, -0.25) is 14.8 Å². The Morgan fingerprint density at radius 2 is 1.65 bits per heavy atom. The largest absolute Gasteiger partial charge is 0.401 e. The van der Waals surface area contributed by atoms with Crippen LogP contribution < -0.4 is 10.6 Å². The van der Waals surface area contributed by atoms with Crippen LogP contribution in [0.5, 0.6) is 0 Å². The summed E-state index contributed by atoms with van der Waals surface area (Å²) in [5, 5.41) is 6.52. The standard InChI is InChI=1S/C22H34F3N5.HI/c1-26-21(28-20-10-13-30(16-20)17-22(23,24)25)27-14-18-6-8-19(9-7-18)15-29-11-4-2-3-5-12-29;/h6-9,20H,2-5,10-17H2,1H3,(H2,26,27,28);1H. The number of nitrogens with zero attached hydrogens (tertiary/aromatic N) is 3. The van der Waals surface area contributed by atoms with E-state index in [2.05, 4.69) is 44.8 Å². The SMILES string of the molecule is CN=C(NCc1ccc(CN2CCCCCC2)cc1)NC1CCN(CC(F)(F)F)C1.I. The fourth-order valence-electron chi connectivity index (χ4n) is 4.24. The zero-order valence-electron chi connectivity index (χ0n) is 18.3. The first-order valence-corrected chi connectivity index (χ1v) is 11.0. The first kappa shape index (κ1) is 26.2. The minimum Gasteiger partial charge on any atom is -0.352 e. The van der Waals surface area contributed by atoms with Crippen LogP contribution in [0.3, 0.4) is 0 Å². The summed E-state index contributed by atoms with van der Waals surface area (Å²) in [7, 11) is 1.68. The molecule has 0 saturated carbocycles. The third-order valence-corrected chi connectivity index (χ3v) is 5.83. The molecule has 2 aliphatic heterocycles. The van der Waals surface area contributed by atoms with E-state index in [-0.39, 0.29) is 30.0 Å². The highest BCUT2D eigenvalue weighted by Crippen LogP contribution is 2.20. The number of hydrogen-bond donors (Lipinski definition) is 2. The van der Waals surface area contributed by atoms with Crippen LogP contribution in [0.15, 0.2) is 29.3 Å². The summed E-state index contributed by atoms with van der Waals surface area (Å²) < 4.78 is 37.6. The monoisotopic (exact) mass is 553 g/mol. The Bertz CT molecular complexity index is 673. The van der Waals surface area contributed by atoms with Crippen molar-refractivity contribution in [3.05, 3.63) is 35.4 Å². The number of guanidine groups is 1. The molecule has 3 rings (SSSR count). The van der Waals surface area contributed by atoms with Gasteiger partial charge in [0.1, 0.15) is 0 Å². The molecule has 2 aliphatic rings. The molecule has 0 aliphatic carbocycles. The molecule has 9 heteroatoms. The van der Waals surface area contributed by atoms with Crippen molar-refractivity contribution in [3.8, 4) is 0 Å². The van der Waals surface area contributed by atoms with Crippen LogP contribution in [0.1, 0.15) is 43.2 Å². The molecule has 0 aromatic heterocycles. The van der Waals surface area contributed by atoms with E-state index >= 15 is 0 Å². The van der Waals surface area contributed by atoms with Gasteiger partial charge in [-0.25, -0.2) is 0 Å². The number of benzene rings is 1. The average molecular weight is 553 g/mol. The normalized spacial score (nSPS) is 21.4. The first-order valence-electron chi connectivity index (χ1n) is 11.0. The maximum atomic E-state index is 12.5. The van der Waals surface area contributed by atoms with E-state index < -0.39 is 12.7 Å². The molecule has 0 radical (unpaired) electrons. The van der Waals surface area contributed by atoms with Crippen molar-refractivity contribution >= 4 is 29.9 Å². The fourth-order valence-corrected chi connectivity index (χ4v) is 4.24. The van der Waals surface area contributed by atoms with E-state index in [0.717, 1.165) is 12.1 Å². The number of rotatable bonds is 6. The Labute approximate surface area is 200 Å². The van der Waals surface area contributed by atoms with E-state index in [1.165, 1.54) is 49.2 Å². The van der Waals surface area contributed by atoms with Gasteiger partial charge in [-0.1, -0.05) is 37.1 Å². The van der Waals surface area contributed by atoms with Crippen molar-refractivity contribution in [1.82, 2.24) is 20.4 Å². The predicted octanol–water partition coefficient (Wildman–Crippen LogP) is 3.98. The third-order valence-electron chi connectivity index (χ3n) is 5.83. The first-order chi connectivity index (χ1) is 14.4. The van der Waals surface area contributed by atoms with Gasteiger partial charge in [0.15, 0.2) is 5.96 Å². The maximum Gasteiger partial charge on any atom is 0.401 e. The number of likely N-dealkylation sites (tertiary alicyclic amines) is 2. The molecule has 2 saturated heterocycles. The molecule has 2 heterocycles. The summed E-state index contributed by atoms with van der Waals surface area (Å²) in [4.78, 5) is 8.19. The van der Waals surface area contributed by atoms with Gasteiger partial charge in [0.25, 0.3) is 0 Å². The lowest BCUT2D eigenvalue weighted by Gasteiger charge is -2.20. The highest BCUT2D eigenvalue weighted by molar-refractivity contribution is 14.0. The van der Waals surface area contributed by atoms with Crippen LogP contribution in [0, 0.1) is 0 Å². The van der Waals surface area contributed by atoms with Crippen LogP contribution in [-0.2, 0) is 13.1 Å². The van der Waals surface area contributed by atoms with Crippen molar-refractivity contribution in [2.75, 3.05) is 39.8 Å². The van der Waals surface area contributed by atoms with Crippen molar-refractivity contribution in [2.24, 2.45) is 4.99 Å². The Kier molecular flexibility index (Phi) is 10.8. The van der Waals surface area contributed by atoms with Crippen LogP contribution in [0.25, 0.3) is 0 Å². The van der Waals surface area contributed by atoms with E-state index in [1.807, 2.05) is 0 Å². The molecule has 31 heavy (non-hydrogen) atoms. The number of hydrogen-bond acceptors (Lipinski definition) is 3. The molecule has 0 spiro atoms. The van der Waals surface area contributed by atoms with Gasteiger partial charge >= 0.3 is 6.18 Å². The minimum atomic E-state index is -4.14. The lowest BCUT2D eigenvalue weighted by atomic mass is 10.1. The molecule has 0 bridgehead atoms. The maximum absolute atomic E-state index is 12.5. The minimum absolute atomic E-state index is 0. The van der Waals surface area contributed by atoms with Gasteiger partial charge in [-0.2, -0.15) is 13.2 Å². The van der Waals surface area contributed by atoms with Crippen molar-refractivity contribution in [2.45, 2.75) is 57.4 Å². The Morgan fingerprint density at radius 1 is 1.00 bits per heavy atom. The number of alkyl halides is 3. The molecule has 1 aromatic rings. The summed E-state index contributed by atoms with van der Waals surface area (Å²) in [6.07, 6.45) is 1.82. The van der Waals surface area contributed by atoms with Gasteiger partial charge in [0.2, 0.25) is 0 Å². The van der Waals surface area contributed by atoms with Gasteiger partial charge in [0.05, 0.1) is 6.54 Å². The lowest BCUT2D eigenvalue weighted by molar-refractivity contribution is -0.143. The summed E-state index contributed by atoms with van der Waals surface area (Å²) >= 11 is 0. The molecule has 176 valence electrons. The Hall–Kier alpha value is -1.07. The van der Waals surface area contributed by atoms with Crippen molar-refractivity contribution in [1.29, 1.82) is 0 Å². The number of nitrogens with one attached hydrogen (secondary N) is 2. The van der Waals surface area contributed by atoms with Crippen molar-refractivity contribution in [3.63, 3.8) is 0 Å². The molecule has 2 fully saturated rings. The second kappa shape index (κ2) is 12.8. The zero-order chi connectivity index (χ0) is 21.4. The third kappa shape index (κ3) is 9.53. The fraction of sp³-hybridized carbons (Fsp3) is 0.682. The number of aliphatic imine (C=N–C) groups is 1. The Morgan fingerprint density at radius 3 is 2.26 bits per heavy atom. The van der Waals surface area contributed by atoms with Crippen LogP contribution in [-0.4, -0.2) is 67.7 Å². The topological polar surface area (TPSA) is 42.9 Å².